The number of carbonyl (C=O) groups is 2. The molecule has 0 heterocycles. The molecule has 0 fully saturated rings. The van der Waals surface area contributed by atoms with E-state index in [1.54, 1.807) is 39.0 Å². The van der Waals surface area contributed by atoms with E-state index in [0.29, 0.717) is 12.8 Å². The molecular formula is C30H34Cl2N2O4. The average molecular weight is 558 g/mol. The average Bonchev–Trinajstić information content (AvgIpc) is 2.83. The molecule has 3 atom stereocenters. The summed E-state index contributed by atoms with van der Waals surface area (Å²) < 4.78 is 5.46. The van der Waals surface area contributed by atoms with E-state index in [-0.39, 0.29) is 22.0 Å². The van der Waals surface area contributed by atoms with E-state index in [1.807, 2.05) is 60.7 Å². The molecule has 0 spiro atoms. The van der Waals surface area contributed by atoms with Crippen LogP contribution in [0.3, 0.4) is 0 Å². The lowest BCUT2D eigenvalue weighted by Crippen LogP contribution is -2.49. The van der Waals surface area contributed by atoms with Gasteiger partial charge in [0, 0.05) is 6.04 Å². The molecule has 38 heavy (non-hydrogen) atoms. The van der Waals surface area contributed by atoms with E-state index in [2.05, 4.69) is 10.6 Å². The van der Waals surface area contributed by atoms with Crippen LogP contribution in [-0.2, 0) is 17.6 Å². The maximum atomic E-state index is 13.2. The summed E-state index contributed by atoms with van der Waals surface area (Å²) in [6.07, 6.45) is -0.580. The summed E-state index contributed by atoms with van der Waals surface area (Å²) in [7, 11) is 0. The zero-order valence-corrected chi connectivity index (χ0v) is 23.3. The van der Waals surface area contributed by atoms with Crippen LogP contribution in [0.15, 0.2) is 78.9 Å². The second kappa shape index (κ2) is 13.7. The first-order valence-corrected chi connectivity index (χ1v) is 13.3. The molecule has 0 aliphatic rings. The summed E-state index contributed by atoms with van der Waals surface area (Å²) in [5.74, 6) is -0.486. The highest BCUT2D eigenvalue weighted by atomic mass is 35.5. The van der Waals surface area contributed by atoms with Gasteiger partial charge in [0.05, 0.1) is 27.8 Å². The SMILES string of the molecule is CC(C)(C)OC(=O)N[C@@H](Cc1ccccc1)C[C@H](O)[C@H](Cc1ccccc1)NC(=O)c1c(Cl)cccc1Cl. The third-order valence-corrected chi connectivity index (χ3v) is 6.47. The van der Waals surface area contributed by atoms with Crippen LogP contribution in [0.25, 0.3) is 0 Å². The first-order valence-electron chi connectivity index (χ1n) is 12.5. The van der Waals surface area contributed by atoms with Gasteiger partial charge in [-0.2, -0.15) is 0 Å². The molecule has 2 amide bonds. The summed E-state index contributed by atoms with van der Waals surface area (Å²) in [4.78, 5) is 25.8. The molecule has 3 aromatic carbocycles. The van der Waals surface area contributed by atoms with Crippen molar-refractivity contribution in [3.63, 3.8) is 0 Å². The van der Waals surface area contributed by atoms with Crippen LogP contribution in [0.4, 0.5) is 4.79 Å². The number of carbonyl (C=O) groups excluding carboxylic acids is 2. The van der Waals surface area contributed by atoms with Crippen molar-refractivity contribution in [3.05, 3.63) is 106 Å². The molecule has 0 unspecified atom stereocenters. The van der Waals surface area contributed by atoms with Gasteiger partial charge in [-0.15, -0.1) is 0 Å². The van der Waals surface area contributed by atoms with Crippen LogP contribution in [-0.4, -0.2) is 40.9 Å². The molecule has 0 aliphatic heterocycles. The van der Waals surface area contributed by atoms with Crippen molar-refractivity contribution in [2.45, 2.75) is 63.8 Å². The number of hydrogen-bond donors (Lipinski definition) is 3. The van der Waals surface area contributed by atoms with Crippen LogP contribution in [0.5, 0.6) is 0 Å². The lowest BCUT2D eigenvalue weighted by atomic mass is 9.93. The maximum absolute atomic E-state index is 13.2. The van der Waals surface area contributed by atoms with Gasteiger partial charge in [-0.25, -0.2) is 4.79 Å². The van der Waals surface area contributed by atoms with Gasteiger partial charge < -0.3 is 20.5 Å². The van der Waals surface area contributed by atoms with Crippen molar-refractivity contribution in [2.24, 2.45) is 0 Å². The summed E-state index contributed by atoms with van der Waals surface area (Å²) in [5, 5.41) is 17.7. The molecule has 3 rings (SSSR count). The molecule has 0 bridgehead atoms. The number of aliphatic hydroxyl groups excluding tert-OH is 1. The molecular weight excluding hydrogens is 523 g/mol. The summed E-state index contributed by atoms with van der Waals surface area (Å²) in [6.45, 7) is 5.37. The molecule has 0 aromatic heterocycles. The Kier molecular flexibility index (Phi) is 10.6. The van der Waals surface area contributed by atoms with E-state index in [4.69, 9.17) is 27.9 Å². The Bertz CT molecular complexity index is 1180. The van der Waals surface area contributed by atoms with Crippen LogP contribution in [0.2, 0.25) is 10.0 Å². The van der Waals surface area contributed by atoms with Crippen molar-refractivity contribution in [3.8, 4) is 0 Å². The van der Waals surface area contributed by atoms with Gasteiger partial charge in [0.1, 0.15) is 5.60 Å². The van der Waals surface area contributed by atoms with Crippen molar-refractivity contribution < 1.29 is 19.4 Å². The Hall–Kier alpha value is -3.06. The number of rotatable bonds is 10. The third kappa shape index (κ3) is 9.35. The number of benzene rings is 3. The fraction of sp³-hybridized carbons (Fsp3) is 0.333. The highest BCUT2D eigenvalue weighted by Gasteiger charge is 2.28. The topological polar surface area (TPSA) is 87.7 Å². The highest BCUT2D eigenvalue weighted by Crippen LogP contribution is 2.25. The van der Waals surface area contributed by atoms with Crippen molar-refractivity contribution in [2.75, 3.05) is 0 Å². The Morgan fingerprint density at radius 1 is 0.816 bits per heavy atom. The zero-order chi connectivity index (χ0) is 27.7. The van der Waals surface area contributed by atoms with Crippen molar-refractivity contribution >= 4 is 35.2 Å². The molecule has 0 radical (unpaired) electrons. The van der Waals surface area contributed by atoms with Crippen LogP contribution < -0.4 is 10.6 Å². The van der Waals surface area contributed by atoms with Crippen LogP contribution >= 0.6 is 23.2 Å². The number of amides is 2. The largest absolute Gasteiger partial charge is 0.444 e. The lowest BCUT2D eigenvalue weighted by molar-refractivity contribution is 0.0463. The van der Waals surface area contributed by atoms with E-state index < -0.39 is 35.8 Å². The van der Waals surface area contributed by atoms with E-state index >= 15 is 0 Å². The summed E-state index contributed by atoms with van der Waals surface area (Å²) >= 11 is 12.5. The second-order valence-electron chi connectivity index (χ2n) is 10.2. The lowest BCUT2D eigenvalue weighted by Gasteiger charge is -2.29. The van der Waals surface area contributed by atoms with Crippen molar-refractivity contribution in [1.29, 1.82) is 0 Å². The van der Waals surface area contributed by atoms with Gasteiger partial charge in [0.25, 0.3) is 5.91 Å². The minimum Gasteiger partial charge on any atom is -0.444 e. The molecule has 0 aliphatic carbocycles. The fourth-order valence-corrected chi connectivity index (χ4v) is 4.70. The number of ether oxygens (including phenoxy) is 1. The molecule has 202 valence electrons. The second-order valence-corrected chi connectivity index (χ2v) is 11.0. The van der Waals surface area contributed by atoms with Crippen LogP contribution in [0, 0.1) is 0 Å². The zero-order valence-electron chi connectivity index (χ0n) is 21.8. The number of halogens is 2. The van der Waals surface area contributed by atoms with Crippen molar-refractivity contribution in [1.82, 2.24) is 10.6 Å². The van der Waals surface area contributed by atoms with E-state index in [9.17, 15) is 14.7 Å². The molecule has 6 nitrogen and oxygen atoms in total. The normalized spacial score (nSPS) is 13.7. The molecule has 0 saturated carbocycles. The van der Waals surface area contributed by atoms with Gasteiger partial charge in [-0.3, -0.25) is 4.79 Å². The quantitative estimate of drug-likeness (QED) is 0.276. The Labute approximate surface area is 234 Å². The predicted octanol–water partition coefficient (Wildman–Crippen LogP) is 6.22. The Morgan fingerprint density at radius 3 is 1.87 bits per heavy atom. The number of hydrogen-bond acceptors (Lipinski definition) is 4. The Balaban J connectivity index is 1.83. The predicted molar refractivity (Wildman–Crippen MR) is 152 cm³/mol. The molecule has 8 heteroatoms. The summed E-state index contributed by atoms with van der Waals surface area (Å²) in [5.41, 5.74) is 1.40. The third-order valence-electron chi connectivity index (χ3n) is 5.84. The smallest absolute Gasteiger partial charge is 0.407 e. The standard InChI is InChI=1S/C30H34Cl2N2O4/c1-30(2,3)38-29(37)33-22(17-20-11-6-4-7-12-20)19-26(35)25(18-21-13-8-5-9-14-21)34-28(36)27-23(31)15-10-16-24(27)32/h4-16,22,25-26,35H,17-19H2,1-3H3,(H,33,37)(H,34,36)/t22-,25-,26-/m0/s1. The van der Waals surface area contributed by atoms with Gasteiger partial charge in [-0.1, -0.05) is 89.9 Å². The summed E-state index contributed by atoms with van der Waals surface area (Å²) in [6, 6.07) is 22.9. The van der Waals surface area contributed by atoms with Gasteiger partial charge in [0.15, 0.2) is 0 Å². The number of nitrogens with one attached hydrogen (secondary N) is 2. The molecule has 0 saturated heterocycles. The fourth-order valence-electron chi connectivity index (χ4n) is 4.13. The van der Waals surface area contributed by atoms with Crippen LogP contribution in [0.1, 0.15) is 48.7 Å². The maximum Gasteiger partial charge on any atom is 0.407 e. The molecule has 3 N–H and O–H groups in total. The van der Waals surface area contributed by atoms with Gasteiger partial charge >= 0.3 is 6.09 Å². The Morgan fingerprint density at radius 2 is 1.34 bits per heavy atom. The molecule has 3 aromatic rings. The van der Waals surface area contributed by atoms with Gasteiger partial charge in [-0.05, 0) is 63.3 Å². The number of aliphatic hydroxyl groups is 1. The highest BCUT2D eigenvalue weighted by molar-refractivity contribution is 6.39. The number of alkyl carbamates (subject to hydrolysis) is 1. The van der Waals surface area contributed by atoms with Gasteiger partial charge in [0.2, 0.25) is 0 Å². The minimum absolute atomic E-state index is 0.147. The van der Waals surface area contributed by atoms with E-state index in [1.165, 1.54) is 0 Å². The first-order chi connectivity index (χ1) is 18.0. The minimum atomic E-state index is -1.01. The monoisotopic (exact) mass is 556 g/mol. The first kappa shape index (κ1) is 29.5. The van der Waals surface area contributed by atoms with E-state index in [0.717, 1.165) is 11.1 Å².